The van der Waals surface area contributed by atoms with Crippen LogP contribution in [0.1, 0.15) is 5.56 Å². The first kappa shape index (κ1) is 14.7. The summed E-state index contributed by atoms with van der Waals surface area (Å²) in [6.45, 7) is 1.15. The Balaban J connectivity index is 1.82. The fourth-order valence-electron chi connectivity index (χ4n) is 2.92. The van der Waals surface area contributed by atoms with E-state index in [-0.39, 0.29) is 6.61 Å². The number of hydrogen-bond donors (Lipinski definition) is 1. The lowest BCUT2D eigenvalue weighted by Crippen LogP contribution is -2.27. The predicted molar refractivity (Wildman–Crippen MR) is 93.9 cm³/mol. The maximum absolute atomic E-state index is 9.47. The average Bonchev–Trinajstić information content (AvgIpc) is 3.01. The van der Waals surface area contributed by atoms with Crippen LogP contribution in [0.3, 0.4) is 0 Å². The number of para-hydroxylation sites is 1. The summed E-state index contributed by atoms with van der Waals surface area (Å²) in [7, 11) is 0. The van der Waals surface area contributed by atoms with Crippen LogP contribution in [0.15, 0.2) is 65.3 Å². The van der Waals surface area contributed by atoms with Crippen LogP contribution < -0.4 is 4.90 Å². The Morgan fingerprint density at radius 3 is 2.58 bits per heavy atom. The number of aromatic nitrogens is 2. The first-order valence-corrected chi connectivity index (χ1v) is 7.89. The van der Waals surface area contributed by atoms with Crippen LogP contribution in [-0.2, 0) is 6.54 Å². The van der Waals surface area contributed by atoms with Gasteiger partial charge in [-0.05, 0) is 17.7 Å². The van der Waals surface area contributed by atoms with Gasteiger partial charge in [0.2, 0.25) is 0 Å². The van der Waals surface area contributed by atoms with E-state index < -0.39 is 0 Å². The summed E-state index contributed by atoms with van der Waals surface area (Å²) in [5.41, 5.74) is 3.39. The summed E-state index contributed by atoms with van der Waals surface area (Å²) in [4.78, 5) is 10.8. The van der Waals surface area contributed by atoms with Gasteiger partial charge in [0.15, 0.2) is 11.4 Å². The lowest BCUT2D eigenvalue weighted by Gasteiger charge is -2.22. The molecule has 0 spiro atoms. The third kappa shape index (κ3) is 2.59. The van der Waals surface area contributed by atoms with Crippen LogP contribution >= 0.6 is 0 Å². The summed E-state index contributed by atoms with van der Waals surface area (Å²) in [5, 5.41) is 10.4. The van der Waals surface area contributed by atoms with E-state index in [2.05, 4.69) is 22.1 Å². The van der Waals surface area contributed by atoms with Crippen molar-refractivity contribution in [2.45, 2.75) is 6.54 Å². The molecule has 2 aromatic carbocycles. The maximum Gasteiger partial charge on any atom is 0.196 e. The van der Waals surface area contributed by atoms with E-state index in [0.717, 1.165) is 22.0 Å². The van der Waals surface area contributed by atoms with Gasteiger partial charge >= 0.3 is 0 Å². The fraction of sp³-hybridized carbons (Fsp3) is 0.158. The number of aliphatic hydroxyl groups excluding tert-OH is 1. The van der Waals surface area contributed by atoms with Gasteiger partial charge in [-0.15, -0.1) is 0 Å². The van der Waals surface area contributed by atoms with Crippen molar-refractivity contribution in [3.8, 4) is 0 Å². The molecule has 0 aliphatic carbocycles. The SMILES string of the molecule is OCCN(Cc1ccccc1)c1ncnc2c1oc1ccccc12. The number of nitrogens with zero attached hydrogens (tertiary/aromatic N) is 3. The van der Waals surface area contributed by atoms with Gasteiger partial charge in [-0.1, -0.05) is 42.5 Å². The number of hydrogen-bond acceptors (Lipinski definition) is 5. The summed E-state index contributed by atoms with van der Waals surface area (Å²) in [6, 6.07) is 17.9. The second kappa shape index (κ2) is 6.29. The highest BCUT2D eigenvalue weighted by atomic mass is 16.3. The number of aliphatic hydroxyl groups is 1. The van der Waals surface area contributed by atoms with Crippen molar-refractivity contribution in [3.05, 3.63) is 66.5 Å². The fourth-order valence-corrected chi connectivity index (χ4v) is 2.92. The van der Waals surface area contributed by atoms with Gasteiger partial charge in [-0.3, -0.25) is 0 Å². The van der Waals surface area contributed by atoms with Crippen LogP contribution in [0.5, 0.6) is 0 Å². The highest BCUT2D eigenvalue weighted by Gasteiger charge is 2.18. The summed E-state index contributed by atoms with van der Waals surface area (Å²) in [5.74, 6) is 0.703. The highest BCUT2D eigenvalue weighted by molar-refractivity contribution is 6.05. The minimum absolute atomic E-state index is 0.0402. The quantitative estimate of drug-likeness (QED) is 0.611. The largest absolute Gasteiger partial charge is 0.450 e. The molecule has 2 aromatic heterocycles. The van der Waals surface area contributed by atoms with Gasteiger partial charge in [-0.25, -0.2) is 9.97 Å². The van der Waals surface area contributed by atoms with Gasteiger partial charge in [0.05, 0.1) is 6.61 Å². The van der Waals surface area contributed by atoms with Gasteiger partial charge in [-0.2, -0.15) is 0 Å². The van der Waals surface area contributed by atoms with E-state index in [0.29, 0.717) is 24.5 Å². The highest BCUT2D eigenvalue weighted by Crippen LogP contribution is 2.32. The van der Waals surface area contributed by atoms with Crippen molar-refractivity contribution in [2.75, 3.05) is 18.1 Å². The lowest BCUT2D eigenvalue weighted by atomic mass is 10.2. The predicted octanol–water partition coefficient (Wildman–Crippen LogP) is 3.37. The zero-order valence-corrected chi connectivity index (χ0v) is 13.1. The van der Waals surface area contributed by atoms with Gasteiger partial charge in [0, 0.05) is 18.5 Å². The van der Waals surface area contributed by atoms with Gasteiger partial charge in [0.1, 0.15) is 17.4 Å². The molecule has 4 aromatic rings. The average molecular weight is 319 g/mol. The smallest absolute Gasteiger partial charge is 0.196 e. The Morgan fingerprint density at radius 1 is 0.958 bits per heavy atom. The normalized spacial score (nSPS) is 11.2. The van der Waals surface area contributed by atoms with Crippen LogP contribution in [0.25, 0.3) is 22.1 Å². The molecule has 0 saturated carbocycles. The van der Waals surface area contributed by atoms with Crippen LogP contribution in [0.2, 0.25) is 0 Å². The minimum atomic E-state index is 0.0402. The Labute approximate surface area is 139 Å². The summed E-state index contributed by atoms with van der Waals surface area (Å²) in [6.07, 6.45) is 1.55. The molecule has 4 rings (SSSR count). The molecule has 120 valence electrons. The van der Waals surface area contributed by atoms with E-state index in [1.807, 2.05) is 47.4 Å². The van der Waals surface area contributed by atoms with E-state index in [1.54, 1.807) is 6.33 Å². The number of anilines is 1. The Morgan fingerprint density at radius 2 is 1.75 bits per heavy atom. The molecule has 0 radical (unpaired) electrons. The van der Waals surface area contributed by atoms with E-state index >= 15 is 0 Å². The standard InChI is InChI=1S/C19H17N3O2/c23-11-10-22(12-14-6-2-1-3-7-14)19-18-17(20-13-21-19)15-8-4-5-9-16(15)24-18/h1-9,13,23H,10-12H2. The molecule has 0 bridgehead atoms. The molecule has 0 aliphatic heterocycles. The molecule has 0 fully saturated rings. The van der Waals surface area contributed by atoms with Crippen molar-refractivity contribution < 1.29 is 9.52 Å². The molecule has 2 heterocycles. The van der Waals surface area contributed by atoms with Crippen molar-refractivity contribution in [3.63, 3.8) is 0 Å². The molecule has 5 nitrogen and oxygen atoms in total. The number of benzene rings is 2. The molecule has 24 heavy (non-hydrogen) atoms. The van der Waals surface area contributed by atoms with Gasteiger partial charge < -0.3 is 14.4 Å². The van der Waals surface area contributed by atoms with Crippen LogP contribution in [-0.4, -0.2) is 28.2 Å². The van der Waals surface area contributed by atoms with Crippen molar-refractivity contribution in [1.29, 1.82) is 0 Å². The third-order valence-electron chi connectivity index (χ3n) is 4.02. The molecule has 5 heteroatoms. The summed E-state index contributed by atoms with van der Waals surface area (Å²) >= 11 is 0. The topological polar surface area (TPSA) is 62.4 Å². The van der Waals surface area contributed by atoms with Crippen molar-refractivity contribution in [2.24, 2.45) is 0 Å². The molecule has 0 saturated heterocycles. The zero-order valence-electron chi connectivity index (χ0n) is 13.1. The molecule has 1 N–H and O–H groups in total. The van der Waals surface area contributed by atoms with Crippen molar-refractivity contribution in [1.82, 2.24) is 9.97 Å². The monoisotopic (exact) mass is 319 g/mol. The first-order chi connectivity index (χ1) is 11.9. The summed E-state index contributed by atoms with van der Waals surface area (Å²) < 4.78 is 6.00. The Bertz CT molecular complexity index is 966. The molecular weight excluding hydrogens is 302 g/mol. The third-order valence-corrected chi connectivity index (χ3v) is 4.02. The molecule has 0 aliphatic rings. The molecule has 0 unspecified atom stereocenters. The van der Waals surface area contributed by atoms with Gasteiger partial charge in [0.25, 0.3) is 0 Å². The van der Waals surface area contributed by atoms with E-state index in [9.17, 15) is 5.11 Å². The zero-order chi connectivity index (χ0) is 16.4. The molecule has 0 atom stereocenters. The number of furan rings is 1. The Kier molecular flexibility index (Phi) is 3.84. The second-order valence-corrected chi connectivity index (χ2v) is 5.60. The first-order valence-electron chi connectivity index (χ1n) is 7.89. The molecule has 0 amide bonds. The second-order valence-electron chi connectivity index (χ2n) is 5.60. The van der Waals surface area contributed by atoms with Crippen LogP contribution in [0, 0.1) is 0 Å². The minimum Gasteiger partial charge on any atom is -0.450 e. The number of rotatable bonds is 5. The molecular formula is C19H17N3O2. The lowest BCUT2D eigenvalue weighted by molar-refractivity contribution is 0.301. The number of fused-ring (bicyclic) bond motifs is 3. The van der Waals surface area contributed by atoms with E-state index in [4.69, 9.17) is 4.42 Å². The Hall–Kier alpha value is -2.92. The van der Waals surface area contributed by atoms with Crippen molar-refractivity contribution >= 4 is 27.9 Å². The van der Waals surface area contributed by atoms with Crippen LogP contribution in [0.4, 0.5) is 5.82 Å². The maximum atomic E-state index is 9.47. The van der Waals surface area contributed by atoms with E-state index in [1.165, 1.54) is 0 Å².